The number of hydrogen-bond acceptors (Lipinski definition) is 2. The molecule has 0 saturated carbocycles. The van der Waals surface area contributed by atoms with Gasteiger partial charge < -0.3 is 5.32 Å². The van der Waals surface area contributed by atoms with Crippen LogP contribution in [0.3, 0.4) is 0 Å². The zero-order valence-corrected chi connectivity index (χ0v) is 9.96. The van der Waals surface area contributed by atoms with E-state index in [0.29, 0.717) is 6.04 Å². The lowest BCUT2D eigenvalue weighted by atomic mass is 9.95. The van der Waals surface area contributed by atoms with E-state index in [4.69, 9.17) is 5.26 Å². The van der Waals surface area contributed by atoms with E-state index in [2.05, 4.69) is 35.7 Å². The summed E-state index contributed by atoms with van der Waals surface area (Å²) in [6.07, 6.45) is 2.19. The highest BCUT2D eigenvalue weighted by Gasteiger charge is 2.23. The quantitative estimate of drug-likeness (QED) is 0.838. The van der Waals surface area contributed by atoms with Crippen molar-refractivity contribution in [1.82, 2.24) is 5.32 Å². The van der Waals surface area contributed by atoms with Crippen molar-refractivity contribution in [3.8, 4) is 6.07 Å². The highest BCUT2D eigenvalue weighted by Crippen LogP contribution is 2.22. The molecule has 0 spiro atoms. The Kier molecular flexibility index (Phi) is 2.98. The van der Waals surface area contributed by atoms with Gasteiger partial charge in [-0.1, -0.05) is 24.3 Å². The first kappa shape index (κ1) is 11.2. The van der Waals surface area contributed by atoms with E-state index in [1.807, 2.05) is 13.8 Å². The minimum atomic E-state index is -0.269. The van der Waals surface area contributed by atoms with Gasteiger partial charge in [0.05, 0.1) is 11.5 Å². The maximum Gasteiger partial charge on any atom is 0.0697 e. The van der Waals surface area contributed by atoms with Gasteiger partial charge in [-0.05, 0) is 37.8 Å². The van der Waals surface area contributed by atoms with Gasteiger partial charge in [0.1, 0.15) is 0 Å². The standard InChI is InChI=1S/C14H18N2/c1-14(2,9-15)10-16-13-7-11-5-3-4-6-12(11)8-13/h3-6,13,16H,7-8,10H2,1-2H3. The van der Waals surface area contributed by atoms with Gasteiger partial charge in [-0.2, -0.15) is 5.26 Å². The maximum atomic E-state index is 8.95. The molecule has 2 nitrogen and oxygen atoms in total. The zero-order chi connectivity index (χ0) is 11.6. The molecule has 0 radical (unpaired) electrons. The summed E-state index contributed by atoms with van der Waals surface area (Å²) < 4.78 is 0. The molecule has 0 fully saturated rings. The van der Waals surface area contributed by atoms with Crippen LogP contribution < -0.4 is 5.32 Å². The van der Waals surface area contributed by atoms with Crippen molar-refractivity contribution in [2.75, 3.05) is 6.54 Å². The minimum Gasteiger partial charge on any atom is -0.312 e. The molecule has 0 atom stereocenters. The van der Waals surface area contributed by atoms with Crippen molar-refractivity contribution in [3.63, 3.8) is 0 Å². The number of benzene rings is 1. The van der Waals surface area contributed by atoms with E-state index in [1.54, 1.807) is 0 Å². The fourth-order valence-corrected chi connectivity index (χ4v) is 2.14. The summed E-state index contributed by atoms with van der Waals surface area (Å²) in [5.74, 6) is 0. The van der Waals surface area contributed by atoms with Crippen molar-refractivity contribution in [1.29, 1.82) is 5.26 Å². The summed E-state index contributed by atoms with van der Waals surface area (Å²) in [7, 11) is 0. The number of fused-ring (bicyclic) bond motifs is 1. The van der Waals surface area contributed by atoms with Crippen molar-refractivity contribution < 1.29 is 0 Å². The molecule has 0 heterocycles. The summed E-state index contributed by atoms with van der Waals surface area (Å²) in [6, 6.07) is 11.4. The Morgan fingerprint density at radius 2 is 1.88 bits per heavy atom. The molecule has 1 aromatic rings. The lowest BCUT2D eigenvalue weighted by Crippen LogP contribution is -2.36. The second kappa shape index (κ2) is 4.27. The van der Waals surface area contributed by atoms with Crippen molar-refractivity contribution in [3.05, 3.63) is 35.4 Å². The number of rotatable bonds is 3. The minimum absolute atomic E-state index is 0.269. The summed E-state index contributed by atoms with van der Waals surface area (Å²) in [5, 5.41) is 12.4. The molecular weight excluding hydrogens is 196 g/mol. The van der Waals surface area contributed by atoms with Crippen LogP contribution in [-0.4, -0.2) is 12.6 Å². The van der Waals surface area contributed by atoms with Gasteiger partial charge in [0.15, 0.2) is 0 Å². The second-order valence-electron chi connectivity index (χ2n) is 5.25. The predicted molar refractivity (Wildman–Crippen MR) is 65.0 cm³/mol. The molecular formula is C14H18N2. The fourth-order valence-electron chi connectivity index (χ4n) is 2.14. The lowest BCUT2D eigenvalue weighted by molar-refractivity contribution is 0.404. The molecule has 0 unspecified atom stereocenters. The highest BCUT2D eigenvalue weighted by atomic mass is 14.9. The lowest BCUT2D eigenvalue weighted by Gasteiger charge is -2.19. The van der Waals surface area contributed by atoms with Gasteiger partial charge in [0.25, 0.3) is 0 Å². The van der Waals surface area contributed by atoms with E-state index >= 15 is 0 Å². The Morgan fingerprint density at radius 3 is 2.38 bits per heavy atom. The molecule has 2 heteroatoms. The zero-order valence-electron chi connectivity index (χ0n) is 9.96. The molecule has 2 rings (SSSR count). The van der Waals surface area contributed by atoms with E-state index in [0.717, 1.165) is 19.4 Å². The van der Waals surface area contributed by atoms with Crippen LogP contribution in [0.1, 0.15) is 25.0 Å². The number of nitrogens with zero attached hydrogens (tertiary/aromatic N) is 1. The number of nitrogens with one attached hydrogen (secondary N) is 1. The highest BCUT2D eigenvalue weighted by molar-refractivity contribution is 5.33. The Balaban J connectivity index is 1.91. The molecule has 0 bridgehead atoms. The van der Waals surface area contributed by atoms with Gasteiger partial charge in [-0.15, -0.1) is 0 Å². The molecule has 1 aliphatic rings. The average Bonchev–Trinajstić information content (AvgIpc) is 2.69. The summed E-state index contributed by atoms with van der Waals surface area (Å²) >= 11 is 0. The Hall–Kier alpha value is -1.33. The monoisotopic (exact) mass is 214 g/mol. The molecule has 0 amide bonds. The van der Waals surface area contributed by atoms with Crippen LogP contribution in [0, 0.1) is 16.7 Å². The van der Waals surface area contributed by atoms with Gasteiger partial charge in [-0.3, -0.25) is 0 Å². The first-order valence-electron chi connectivity index (χ1n) is 5.82. The third kappa shape index (κ3) is 2.43. The Bertz CT molecular complexity index is 390. The summed E-state index contributed by atoms with van der Waals surface area (Å²) in [6.45, 7) is 4.71. The first-order chi connectivity index (χ1) is 7.61. The molecule has 16 heavy (non-hydrogen) atoms. The third-order valence-electron chi connectivity index (χ3n) is 3.19. The fraction of sp³-hybridized carbons (Fsp3) is 0.500. The third-order valence-corrected chi connectivity index (χ3v) is 3.19. The van der Waals surface area contributed by atoms with Gasteiger partial charge >= 0.3 is 0 Å². The topological polar surface area (TPSA) is 35.8 Å². The molecule has 0 aromatic heterocycles. The van der Waals surface area contributed by atoms with E-state index in [1.165, 1.54) is 11.1 Å². The van der Waals surface area contributed by atoms with E-state index in [9.17, 15) is 0 Å². The van der Waals surface area contributed by atoms with E-state index in [-0.39, 0.29) is 5.41 Å². The van der Waals surface area contributed by atoms with Crippen molar-refractivity contribution >= 4 is 0 Å². The van der Waals surface area contributed by atoms with Crippen LogP contribution in [-0.2, 0) is 12.8 Å². The summed E-state index contributed by atoms with van der Waals surface area (Å²) in [5.41, 5.74) is 2.64. The predicted octanol–water partition coefficient (Wildman–Crippen LogP) is 2.29. The molecule has 1 aromatic carbocycles. The largest absolute Gasteiger partial charge is 0.312 e. The summed E-state index contributed by atoms with van der Waals surface area (Å²) in [4.78, 5) is 0. The Labute approximate surface area is 97.3 Å². The van der Waals surface area contributed by atoms with Crippen molar-refractivity contribution in [2.24, 2.45) is 5.41 Å². The SMILES string of the molecule is CC(C)(C#N)CNC1Cc2ccccc2C1. The van der Waals surface area contributed by atoms with Crippen LogP contribution in [0.25, 0.3) is 0 Å². The van der Waals surface area contributed by atoms with Gasteiger partial charge in [0.2, 0.25) is 0 Å². The van der Waals surface area contributed by atoms with Crippen LogP contribution in [0.5, 0.6) is 0 Å². The smallest absolute Gasteiger partial charge is 0.0697 e. The van der Waals surface area contributed by atoms with E-state index < -0.39 is 0 Å². The first-order valence-corrected chi connectivity index (χ1v) is 5.82. The number of nitriles is 1. The second-order valence-corrected chi connectivity index (χ2v) is 5.25. The van der Waals surface area contributed by atoms with Gasteiger partial charge in [-0.25, -0.2) is 0 Å². The molecule has 0 saturated heterocycles. The average molecular weight is 214 g/mol. The van der Waals surface area contributed by atoms with Gasteiger partial charge in [0, 0.05) is 12.6 Å². The molecule has 1 aliphatic carbocycles. The number of hydrogen-bond donors (Lipinski definition) is 1. The van der Waals surface area contributed by atoms with Crippen LogP contribution in [0.15, 0.2) is 24.3 Å². The normalized spacial score (nSPS) is 15.8. The van der Waals surface area contributed by atoms with Crippen LogP contribution >= 0.6 is 0 Å². The van der Waals surface area contributed by atoms with Crippen LogP contribution in [0.4, 0.5) is 0 Å². The van der Waals surface area contributed by atoms with Crippen molar-refractivity contribution in [2.45, 2.75) is 32.7 Å². The van der Waals surface area contributed by atoms with Crippen LogP contribution in [0.2, 0.25) is 0 Å². The Morgan fingerprint density at radius 1 is 1.31 bits per heavy atom. The molecule has 1 N–H and O–H groups in total. The molecule has 84 valence electrons. The molecule has 0 aliphatic heterocycles. The maximum absolute atomic E-state index is 8.95.